The van der Waals surface area contributed by atoms with Crippen LogP contribution in [0, 0.1) is 0 Å². The zero-order valence-corrected chi connectivity index (χ0v) is 10.3. The summed E-state index contributed by atoms with van der Waals surface area (Å²) in [6.45, 7) is 6.09. The monoisotopic (exact) mass is 226 g/mol. The molecule has 0 aromatic carbocycles. The molecule has 2 N–H and O–H groups in total. The lowest BCUT2D eigenvalue weighted by Gasteiger charge is -2.09. The van der Waals surface area contributed by atoms with E-state index in [0.29, 0.717) is 6.04 Å². The fraction of sp³-hybridized carbons (Fsp3) is 0.600. The number of hydrogen-bond donors (Lipinski definition) is 2. The van der Waals surface area contributed by atoms with Crippen LogP contribution in [0.5, 0.6) is 0 Å². The molecule has 84 valence electrons. The third-order valence-electron chi connectivity index (χ3n) is 1.83. The SMILES string of the molecule is CSc1cc(NCCNC(C)C)ncn1. The van der Waals surface area contributed by atoms with Crippen LogP contribution in [-0.2, 0) is 0 Å². The summed E-state index contributed by atoms with van der Waals surface area (Å²) in [7, 11) is 0. The average Bonchev–Trinajstić information content (AvgIpc) is 2.24. The molecule has 0 aliphatic heterocycles. The quantitative estimate of drug-likeness (QED) is 0.438. The third kappa shape index (κ3) is 4.99. The van der Waals surface area contributed by atoms with Gasteiger partial charge in [0.05, 0.1) is 0 Å². The number of thioether (sulfide) groups is 1. The molecule has 1 rings (SSSR count). The summed E-state index contributed by atoms with van der Waals surface area (Å²) in [5.41, 5.74) is 0. The summed E-state index contributed by atoms with van der Waals surface area (Å²) in [6, 6.07) is 2.49. The highest BCUT2D eigenvalue weighted by Crippen LogP contribution is 2.12. The average molecular weight is 226 g/mol. The Balaban J connectivity index is 2.30. The summed E-state index contributed by atoms with van der Waals surface area (Å²) in [6.07, 6.45) is 3.59. The van der Waals surface area contributed by atoms with Crippen molar-refractivity contribution in [3.63, 3.8) is 0 Å². The summed E-state index contributed by atoms with van der Waals surface area (Å²) in [5, 5.41) is 7.57. The van der Waals surface area contributed by atoms with Gasteiger partial charge in [0, 0.05) is 25.2 Å². The van der Waals surface area contributed by atoms with Crippen LogP contribution in [0.15, 0.2) is 17.4 Å². The van der Waals surface area contributed by atoms with E-state index >= 15 is 0 Å². The number of nitrogens with one attached hydrogen (secondary N) is 2. The molecule has 4 nitrogen and oxygen atoms in total. The van der Waals surface area contributed by atoms with Crippen LogP contribution in [-0.4, -0.2) is 35.4 Å². The zero-order chi connectivity index (χ0) is 11.1. The van der Waals surface area contributed by atoms with Crippen molar-refractivity contribution >= 4 is 17.6 Å². The van der Waals surface area contributed by atoms with Crippen molar-refractivity contribution in [2.45, 2.75) is 24.9 Å². The van der Waals surface area contributed by atoms with Gasteiger partial charge < -0.3 is 10.6 Å². The first-order valence-electron chi connectivity index (χ1n) is 5.05. The molecule has 15 heavy (non-hydrogen) atoms. The Kier molecular flexibility index (Phi) is 5.42. The van der Waals surface area contributed by atoms with E-state index in [4.69, 9.17) is 0 Å². The smallest absolute Gasteiger partial charge is 0.130 e. The van der Waals surface area contributed by atoms with Gasteiger partial charge >= 0.3 is 0 Å². The molecule has 0 unspecified atom stereocenters. The highest BCUT2D eigenvalue weighted by atomic mass is 32.2. The minimum atomic E-state index is 0.527. The Morgan fingerprint density at radius 3 is 2.80 bits per heavy atom. The lowest BCUT2D eigenvalue weighted by molar-refractivity contribution is 0.602. The number of aromatic nitrogens is 2. The van der Waals surface area contributed by atoms with E-state index in [2.05, 4.69) is 34.4 Å². The van der Waals surface area contributed by atoms with Crippen molar-refractivity contribution in [2.24, 2.45) is 0 Å². The standard InChI is InChI=1S/C10H18N4S/c1-8(2)11-4-5-12-9-6-10(15-3)14-7-13-9/h6-8,11H,4-5H2,1-3H3,(H,12,13,14). The van der Waals surface area contributed by atoms with Crippen LogP contribution in [0.1, 0.15) is 13.8 Å². The summed E-state index contributed by atoms with van der Waals surface area (Å²) in [4.78, 5) is 8.25. The van der Waals surface area contributed by atoms with Crippen molar-refractivity contribution < 1.29 is 0 Å². The zero-order valence-electron chi connectivity index (χ0n) is 9.45. The highest BCUT2D eigenvalue weighted by Gasteiger charge is 1.96. The van der Waals surface area contributed by atoms with Crippen LogP contribution in [0.25, 0.3) is 0 Å². The van der Waals surface area contributed by atoms with Gasteiger partial charge in [-0.3, -0.25) is 0 Å². The van der Waals surface area contributed by atoms with E-state index in [-0.39, 0.29) is 0 Å². The van der Waals surface area contributed by atoms with Crippen molar-refractivity contribution in [2.75, 3.05) is 24.7 Å². The van der Waals surface area contributed by atoms with Crippen LogP contribution >= 0.6 is 11.8 Å². The maximum Gasteiger partial charge on any atom is 0.130 e. The second-order valence-electron chi connectivity index (χ2n) is 3.48. The molecular weight excluding hydrogens is 208 g/mol. The predicted molar refractivity (Wildman–Crippen MR) is 65.4 cm³/mol. The molecule has 0 saturated heterocycles. The van der Waals surface area contributed by atoms with Crippen LogP contribution in [0.4, 0.5) is 5.82 Å². The lowest BCUT2D eigenvalue weighted by atomic mass is 10.4. The number of rotatable bonds is 6. The molecule has 1 heterocycles. The molecule has 0 fully saturated rings. The summed E-state index contributed by atoms with van der Waals surface area (Å²) in [5.74, 6) is 0.889. The largest absolute Gasteiger partial charge is 0.369 e. The van der Waals surface area contributed by atoms with Gasteiger partial charge in [-0.2, -0.15) is 0 Å². The Morgan fingerprint density at radius 2 is 2.13 bits per heavy atom. The van der Waals surface area contributed by atoms with Gasteiger partial charge in [0.15, 0.2) is 0 Å². The van der Waals surface area contributed by atoms with Crippen LogP contribution in [0.3, 0.4) is 0 Å². The Labute approximate surface area is 95.3 Å². The fourth-order valence-corrected chi connectivity index (χ4v) is 1.48. The third-order valence-corrected chi connectivity index (χ3v) is 2.48. The predicted octanol–water partition coefficient (Wildman–Crippen LogP) is 1.61. The molecule has 5 heteroatoms. The van der Waals surface area contributed by atoms with Gasteiger partial charge in [-0.1, -0.05) is 13.8 Å². The molecule has 1 aromatic rings. The first kappa shape index (κ1) is 12.3. The molecule has 0 bridgehead atoms. The lowest BCUT2D eigenvalue weighted by Crippen LogP contribution is -2.28. The van der Waals surface area contributed by atoms with Gasteiger partial charge in [-0.05, 0) is 6.26 Å². The first-order chi connectivity index (χ1) is 7.22. The molecular formula is C10H18N4S. The molecule has 0 atom stereocenters. The molecule has 0 saturated carbocycles. The van der Waals surface area contributed by atoms with Gasteiger partial charge in [0.1, 0.15) is 17.2 Å². The van der Waals surface area contributed by atoms with E-state index in [0.717, 1.165) is 23.9 Å². The number of hydrogen-bond acceptors (Lipinski definition) is 5. The normalized spacial score (nSPS) is 10.7. The second kappa shape index (κ2) is 6.63. The van der Waals surface area contributed by atoms with E-state index in [9.17, 15) is 0 Å². The maximum atomic E-state index is 4.14. The van der Waals surface area contributed by atoms with Gasteiger partial charge in [-0.15, -0.1) is 11.8 Å². The first-order valence-corrected chi connectivity index (χ1v) is 6.28. The summed E-state index contributed by atoms with van der Waals surface area (Å²) < 4.78 is 0. The Hall–Kier alpha value is -0.810. The molecule has 0 spiro atoms. The molecule has 0 aliphatic carbocycles. The van der Waals surface area contributed by atoms with E-state index in [1.165, 1.54) is 0 Å². The van der Waals surface area contributed by atoms with Crippen LogP contribution in [0.2, 0.25) is 0 Å². The molecule has 0 amide bonds. The van der Waals surface area contributed by atoms with Gasteiger partial charge in [0.25, 0.3) is 0 Å². The highest BCUT2D eigenvalue weighted by molar-refractivity contribution is 7.98. The van der Waals surface area contributed by atoms with Crippen molar-refractivity contribution in [1.82, 2.24) is 15.3 Å². The van der Waals surface area contributed by atoms with Crippen molar-refractivity contribution in [1.29, 1.82) is 0 Å². The minimum Gasteiger partial charge on any atom is -0.369 e. The van der Waals surface area contributed by atoms with Crippen LogP contribution < -0.4 is 10.6 Å². The Bertz CT molecular complexity index is 291. The fourth-order valence-electron chi connectivity index (χ4n) is 1.10. The topological polar surface area (TPSA) is 49.8 Å². The molecule has 0 radical (unpaired) electrons. The van der Waals surface area contributed by atoms with Crippen molar-refractivity contribution in [3.05, 3.63) is 12.4 Å². The van der Waals surface area contributed by atoms with Gasteiger partial charge in [0.2, 0.25) is 0 Å². The Morgan fingerprint density at radius 1 is 1.33 bits per heavy atom. The van der Waals surface area contributed by atoms with E-state index < -0.39 is 0 Å². The summed E-state index contributed by atoms with van der Waals surface area (Å²) >= 11 is 1.62. The maximum absolute atomic E-state index is 4.14. The van der Waals surface area contributed by atoms with E-state index in [1.54, 1.807) is 18.1 Å². The minimum absolute atomic E-state index is 0.527. The van der Waals surface area contributed by atoms with Gasteiger partial charge in [-0.25, -0.2) is 9.97 Å². The molecule has 0 aliphatic rings. The number of anilines is 1. The van der Waals surface area contributed by atoms with Crippen molar-refractivity contribution in [3.8, 4) is 0 Å². The molecule has 1 aromatic heterocycles. The number of nitrogens with zero attached hydrogens (tertiary/aromatic N) is 2. The van der Waals surface area contributed by atoms with E-state index in [1.807, 2.05) is 12.3 Å². The second-order valence-corrected chi connectivity index (χ2v) is 4.31.